The Morgan fingerprint density at radius 3 is 2.71 bits per heavy atom. The number of carboxylic acids is 1. The lowest BCUT2D eigenvalue weighted by Gasteiger charge is -2.15. The Hall–Kier alpha value is -1.62. The number of hydrogen-bond acceptors (Lipinski definition) is 4. The maximum atomic E-state index is 10.6. The summed E-state index contributed by atoms with van der Waals surface area (Å²) in [7, 11) is 0. The number of carbonyl (C=O) groups is 1. The molecular formula is C12H16N2O3. The zero-order valence-electron chi connectivity index (χ0n) is 9.52. The lowest BCUT2D eigenvalue weighted by molar-refractivity contribution is 0.0690. The Morgan fingerprint density at radius 1 is 1.47 bits per heavy atom. The second-order valence-electron chi connectivity index (χ2n) is 4.56. The molecule has 5 nitrogen and oxygen atoms in total. The van der Waals surface area contributed by atoms with Crippen molar-refractivity contribution in [1.82, 2.24) is 4.98 Å². The molecule has 0 bridgehead atoms. The van der Waals surface area contributed by atoms with Gasteiger partial charge in [-0.05, 0) is 36.8 Å². The molecule has 0 atom stereocenters. The van der Waals surface area contributed by atoms with Crippen LogP contribution in [0.2, 0.25) is 0 Å². The summed E-state index contributed by atoms with van der Waals surface area (Å²) in [6.45, 7) is 1.03. The van der Waals surface area contributed by atoms with Crippen molar-refractivity contribution in [2.75, 3.05) is 18.5 Å². The molecule has 17 heavy (non-hydrogen) atoms. The van der Waals surface area contributed by atoms with Crippen LogP contribution >= 0.6 is 0 Å². The molecule has 0 spiro atoms. The summed E-state index contributed by atoms with van der Waals surface area (Å²) in [6, 6.07) is 3.20. The van der Waals surface area contributed by atoms with E-state index in [2.05, 4.69) is 10.3 Å². The van der Waals surface area contributed by atoms with E-state index in [-0.39, 0.29) is 17.7 Å². The molecule has 1 aliphatic rings. The Balaban J connectivity index is 1.89. The number of aliphatic hydroxyl groups is 1. The Labute approximate surface area is 99.5 Å². The number of aromatic nitrogens is 1. The van der Waals surface area contributed by atoms with Gasteiger partial charge in [0.15, 0.2) is 0 Å². The molecule has 1 aliphatic carbocycles. The molecule has 0 aromatic carbocycles. The predicted octanol–water partition coefficient (Wildman–Crippen LogP) is 1.35. The van der Waals surface area contributed by atoms with Crippen molar-refractivity contribution in [2.45, 2.75) is 19.3 Å². The van der Waals surface area contributed by atoms with Gasteiger partial charge in [0.25, 0.3) is 0 Å². The van der Waals surface area contributed by atoms with Gasteiger partial charge in [0.05, 0.1) is 11.9 Å². The van der Waals surface area contributed by atoms with Gasteiger partial charge in [0.1, 0.15) is 5.69 Å². The van der Waals surface area contributed by atoms with Crippen LogP contribution in [0, 0.1) is 5.41 Å². The van der Waals surface area contributed by atoms with Crippen molar-refractivity contribution in [1.29, 1.82) is 0 Å². The van der Waals surface area contributed by atoms with E-state index in [1.165, 1.54) is 12.3 Å². The van der Waals surface area contributed by atoms with Gasteiger partial charge in [0.2, 0.25) is 0 Å². The molecule has 3 N–H and O–H groups in total. The molecule has 1 aromatic heterocycles. The zero-order valence-corrected chi connectivity index (χ0v) is 9.52. The van der Waals surface area contributed by atoms with E-state index in [4.69, 9.17) is 10.2 Å². The SMILES string of the molecule is O=C(O)c1ccc(NCC2(CCO)CC2)cn1. The third-order valence-corrected chi connectivity index (χ3v) is 3.25. The van der Waals surface area contributed by atoms with E-state index in [0.29, 0.717) is 0 Å². The normalized spacial score (nSPS) is 16.5. The summed E-state index contributed by atoms with van der Waals surface area (Å²) >= 11 is 0. The number of nitrogens with one attached hydrogen (secondary N) is 1. The van der Waals surface area contributed by atoms with Crippen LogP contribution in [0.1, 0.15) is 29.8 Å². The van der Waals surface area contributed by atoms with Crippen molar-refractivity contribution in [2.24, 2.45) is 5.41 Å². The number of nitrogens with zero attached hydrogens (tertiary/aromatic N) is 1. The molecule has 2 rings (SSSR count). The molecule has 0 aliphatic heterocycles. The second kappa shape index (κ2) is 4.71. The summed E-state index contributed by atoms with van der Waals surface area (Å²) in [5.41, 5.74) is 1.10. The largest absolute Gasteiger partial charge is 0.477 e. The van der Waals surface area contributed by atoms with Crippen LogP contribution in [-0.2, 0) is 0 Å². The maximum absolute atomic E-state index is 10.6. The Bertz CT molecular complexity index is 399. The summed E-state index contributed by atoms with van der Waals surface area (Å²) in [6.07, 6.45) is 4.63. The van der Waals surface area contributed by atoms with Crippen LogP contribution < -0.4 is 5.32 Å². The van der Waals surface area contributed by atoms with E-state index in [1.54, 1.807) is 6.07 Å². The Morgan fingerprint density at radius 2 is 2.24 bits per heavy atom. The fourth-order valence-electron chi connectivity index (χ4n) is 1.84. The molecule has 1 heterocycles. The van der Waals surface area contributed by atoms with E-state index < -0.39 is 5.97 Å². The van der Waals surface area contributed by atoms with Gasteiger partial charge in [-0.25, -0.2) is 9.78 Å². The molecule has 0 saturated heterocycles. The van der Waals surface area contributed by atoms with Crippen molar-refractivity contribution in [3.05, 3.63) is 24.0 Å². The van der Waals surface area contributed by atoms with Crippen LogP contribution in [0.3, 0.4) is 0 Å². The van der Waals surface area contributed by atoms with Crippen molar-refractivity contribution in [3.63, 3.8) is 0 Å². The maximum Gasteiger partial charge on any atom is 0.354 e. The summed E-state index contributed by atoms with van der Waals surface area (Å²) in [4.78, 5) is 14.4. The van der Waals surface area contributed by atoms with Gasteiger partial charge in [-0.1, -0.05) is 0 Å². The highest BCUT2D eigenvalue weighted by molar-refractivity contribution is 5.85. The van der Waals surface area contributed by atoms with Crippen LogP contribution in [0.25, 0.3) is 0 Å². The average Bonchev–Trinajstić information content (AvgIpc) is 3.08. The topological polar surface area (TPSA) is 82.5 Å². The van der Waals surface area contributed by atoms with E-state index in [1.807, 2.05) is 0 Å². The van der Waals surface area contributed by atoms with Gasteiger partial charge >= 0.3 is 5.97 Å². The molecule has 0 unspecified atom stereocenters. The van der Waals surface area contributed by atoms with Gasteiger partial charge in [-0.3, -0.25) is 0 Å². The minimum Gasteiger partial charge on any atom is -0.477 e. The average molecular weight is 236 g/mol. The quantitative estimate of drug-likeness (QED) is 0.694. The molecule has 92 valence electrons. The number of hydrogen-bond donors (Lipinski definition) is 3. The molecule has 1 fully saturated rings. The van der Waals surface area contributed by atoms with Crippen molar-refractivity contribution < 1.29 is 15.0 Å². The monoisotopic (exact) mass is 236 g/mol. The standard InChI is InChI=1S/C12H16N2O3/c15-6-5-12(3-4-12)8-14-9-1-2-10(11(16)17)13-7-9/h1-2,7,14-15H,3-6,8H2,(H,16,17). The highest BCUT2D eigenvalue weighted by atomic mass is 16.4. The van der Waals surface area contributed by atoms with E-state index in [9.17, 15) is 4.79 Å². The Kier molecular flexibility index (Phi) is 3.28. The number of anilines is 1. The van der Waals surface area contributed by atoms with Crippen molar-refractivity contribution in [3.8, 4) is 0 Å². The minimum absolute atomic E-state index is 0.0482. The molecule has 0 radical (unpaired) electrons. The van der Waals surface area contributed by atoms with Crippen LogP contribution in [0.5, 0.6) is 0 Å². The highest BCUT2D eigenvalue weighted by Gasteiger charge is 2.41. The molecule has 0 amide bonds. The van der Waals surface area contributed by atoms with Gasteiger partial charge < -0.3 is 15.5 Å². The van der Waals surface area contributed by atoms with Gasteiger partial charge in [-0.15, -0.1) is 0 Å². The molecule has 5 heteroatoms. The summed E-state index contributed by atoms with van der Waals surface area (Å²) in [5.74, 6) is -1.02. The second-order valence-corrected chi connectivity index (χ2v) is 4.56. The van der Waals surface area contributed by atoms with Gasteiger partial charge in [-0.2, -0.15) is 0 Å². The van der Waals surface area contributed by atoms with Crippen LogP contribution in [0.4, 0.5) is 5.69 Å². The number of aliphatic hydroxyl groups excluding tert-OH is 1. The lowest BCUT2D eigenvalue weighted by atomic mass is 10.0. The third-order valence-electron chi connectivity index (χ3n) is 3.25. The first kappa shape index (κ1) is 11.9. The molecule has 1 saturated carbocycles. The zero-order chi connectivity index (χ0) is 12.3. The number of rotatable bonds is 6. The number of pyridine rings is 1. The minimum atomic E-state index is -1.02. The smallest absolute Gasteiger partial charge is 0.354 e. The fraction of sp³-hybridized carbons (Fsp3) is 0.500. The summed E-state index contributed by atoms with van der Waals surface area (Å²) in [5, 5.41) is 20.9. The first-order valence-corrected chi connectivity index (χ1v) is 5.69. The first-order chi connectivity index (χ1) is 8.15. The number of carboxylic acid groups (broad SMARTS) is 1. The summed E-state index contributed by atoms with van der Waals surface area (Å²) < 4.78 is 0. The van der Waals surface area contributed by atoms with Gasteiger partial charge in [0, 0.05) is 13.2 Å². The van der Waals surface area contributed by atoms with E-state index >= 15 is 0 Å². The van der Waals surface area contributed by atoms with E-state index in [0.717, 1.165) is 31.5 Å². The molecular weight excluding hydrogens is 220 g/mol. The first-order valence-electron chi connectivity index (χ1n) is 5.69. The lowest BCUT2D eigenvalue weighted by Crippen LogP contribution is -2.17. The predicted molar refractivity (Wildman–Crippen MR) is 63.1 cm³/mol. The number of aromatic carboxylic acids is 1. The van der Waals surface area contributed by atoms with Crippen LogP contribution in [0.15, 0.2) is 18.3 Å². The van der Waals surface area contributed by atoms with Crippen LogP contribution in [-0.4, -0.2) is 34.3 Å². The fourth-order valence-corrected chi connectivity index (χ4v) is 1.84. The molecule has 1 aromatic rings. The third kappa shape index (κ3) is 2.94. The van der Waals surface area contributed by atoms with Crippen molar-refractivity contribution >= 4 is 11.7 Å². The highest BCUT2D eigenvalue weighted by Crippen LogP contribution is 2.48.